The molecule has 0 spiro atoms. The van der Waals surface area contributed by atoms with Crippen molar-refractivity contribution < 1.29 is 19.1 Å². The molecule has 1 saturated heterocycles. The van der Waals surface area contributed by atoms with Gasteiger partial charge in [-0.05, 0) is 36.2 Å². The van der Waals surface area contributed by atoms with Crippen molar-refractivity contribution in [3.05, 3.63) is 59.3 Å². The maximum atomic E-state index is 13.4. The van der Waals surface area contributed by atoms with Crippen molar-refractivity contribution in [3.63, 3.8) is 0 Å². The molecule has 1 fully saturated rings. The zero-order valence-electron chi connectivity index (χ0n) is 16.6. The summed E-state index contributed by atoms with van der Waals surface area (Å²) < 4.78 is 10.8. The first-order valence-corrected chi connectivity index (χ1v) is 10.2. The van der Waals surface area contributed by atoms with Crippen LogP contribution in [0.5, 0.6) is 11.5 Å². The molecule has 0 aliphatic carbocycles. The van der Waals surface area contributed by atoms with Crippen molar-refractivity contribution in [2.45, 2.75) is 32.0 Å². The second-order valence-electron chi connectivity index (χ2n) is 8.14. The molecule has 0 radical (unpaired) electrons. The van der Waals surface area contributed by atoms with Crippen LogP contribution in [0.1, 0.15) is 29.8 Å². The topological polar surface area (TPSA) is 74.9 Å². The number of aromatic nitrogens is 1. The van der Waals surface area contributed by atoms with Crippen LogP contribution in [0.4, 0.5) is 0 Å². The zero-order valence-corrected chi connectivity index (χ0v) is 16.6. The summed E-state index contributed by atoms with van der Waals surface area (Å²) in [4.78, 5) is 33.4. The van der Waals surface area contributed by atoms with Crippen LogP contribution >= 0.6 is 0 Å². The Labute approximate surface area is 173 Å². The fraction of sp³-hybridized carbons (Fsp3) is 0.304. The lowest BCUT2D eigenvalue weighted by molar-refractivity contribution is -0.159. The van der Waals surface area contributed by atoms with Gasteiger partial charge in [-0.1, -0.05) is 24.3 Å². The fourth-order valence-electron chi connectivity index (χ4n) is 5.02. The van der Waals surface area contributed by atoms with Crippen LogP contribution in [0.25, 0.3) is 10.9 Å². The standard InChI is InChI=1S/C23H21N3O4/c1-13-22-16(15-4-2-3-5-17(15)24-22)9-18-23(28)25(11-21(27)26(13)18)10-14-6-7-19-20(8-14)30-12-29-19/h2-8,13,18,24H,9-12H2,1H3/t13?,18-/m0/s1. The van der Waals surface area contributed by atoms with Gasteiger partial charge in [0, 0.05) is 29.6 Å². The molecule has 0 bridgehead atoms. The molecule has 3 aromatic rings. The third-order valence-corrected chi connectivity index (χ3v) is 6.44. The molecular formula is C23H21N3O4. The lowest BCUT2D eigenvalue weighted by atomic mass is 9.90. The summed E-state index contributed by atoms with van der Waals surface area (Å²) in [6.45, 7) is 2.67. The van der Waals surface area contributed by atoms with Gasteiger partial charge in [0.25, 0.3) is 0 Å². The Morgan fingerprint density at radius 2 is 1.93 bits per heavy atom. The number of hydrogen-bond acceptors (Lipinski definition) is 4. The molecule has 3 aliphatic heterocycles. The van der Waals surface area contributed by atoms with E-state index in [4.69, 9.17) is 9.47 Å². The van der Waals surface area contributed by atoms with E-state index >= 15 is 0 Å². The van der Waals surface area contributed by atoms with Crippen LogP contribution in [-0.2, 0) is 22.6 Å². The molecule has 2 aromatic carbocycles. The normalized spacial score (nSPS) is 22.4. The first-order chi connectivity index (χ1) is 14.6. The van der Waals surface area contributed by atoms with Crippen LogP contribution in [0.15, 0.2) is 42.5 Å². The molecule has 3 aliphatic rings. The molecule has 2 atom stereocenters. The number of benzene rings is 2. The maximum absolute atomic E-state index is 13.4. The van der Waals surface area contributed by atoms with Gasteiger partial charge in [0.05, 0.1) is 6.04 Å². The molecule has 2 amide bonds. The Hall–Kier alpha value is -3.48. The minimum atomic E-state index is -0.470. The zero-order chi connectivity index (χ0) is 20.4. The van der Waals surface area contributed by atoms with Crippen LogP contribution < -0.4 is 9.47 Å². The summed E-state index contributed by atoms with van der Waals surface area (Å²) in [6, 6.07) is 13.1. The van der Waals surface area contributed by atoms with Crippen molar-refractivity contribution in [1.29, 1.82) is 0 Å². The third kappa shape index (κ3) is 2.44. The molecule has 7 heteroatoms. The number of rotatable bonds is 2. The van der Waals surface area contributed by atoms with E-state index < -0.39 is 6.04 Å². The van der Waals surface area contributed by atoms with E-state index in [-0.39, 0.29) is 31.2 Å². The molecule has 1 N–H and O–H groups in total. The Morgan fingerprint density at radius 1 is 1.10 bits per heavy atom. The highest BCUT2D eigenvalue weighted by molar-refractivity contribution is 5.97. The van der Waals surface area contributed by atoms with Gasteiger partial charge in [-0.25, -0.2) is 0 Å². The molecule has 152 valence electrons. The van der Waals surface area contributed by atoms with E-state index in [1.54, 1.807) is 9.80 Å². The number of hydrogen-bond donors (Lipinski definition) is 1. The smallest absolute Gasteiger partial charge is 0.246 e. The van der Waals surface area contributed by atoms with Gasteiger partial charge in [0.1, 0.15) is 12.6 Å². The fourth-order valence-corrected chi connectivity index (χ4v) is 5.02. The van der Waals surface area contributed by atoms with Gasteiger partial charge in [-0.2, -0.15) is 0 Å². The minimum absolute atomic E-state index is 0.00459. The van der Waals surface area contributed by atoms with E-state index in [1.165, 1.54) is 0 Å². The highest BCUT2D eigenvalue weighted by Crippen LogP contribution is 2.39. The molecule has 1 aromatic heterocycles. The van der Waals surface area contributed by atoms with E-state index in [1.807, 2.05) is 43.3 Å². The molecule has 7 nitrogen and oxygen atoms in total. The number of nitrogens with one attached hydrogen (secondary N) is 1. The summed E-state index contributed by atoms with van der Waals surface area (Å²) in [5.74, 6) is 1.37. The summed E-state index contributed by atoms with van der Waals surface area (Å²) in [7, 11) is 0. The Balaban J connectivity index is 1.33. The third-order valence-electron chi connectivity index (χ3n) is 6.44. The average molecular weight is 403 g/mol. The van der Waals surface area contributed by atoms with Gasteiger partial charge in [0.15, 0.2) is 11.5 Å². The lowest BCUT2D eigenvalue weighted by Crippen LogP contribution is -2.62. The van der Waals surface area contributed by atoms with Crippen molar-refractivity contribution in [3.8, 4) is 11.5 Å². The number of nitrogens with zero attached hydrogens (tertiary/aromatic N) is 2. The second kappa shape index (κ2) is 6.26. The highest BCUT2D eigenvalue weighted by atomic mass is 16.7. The van der Waals surface area contributed by atoms with E-state index in [0.29, 0.717) is 24.5 Å². The predicted molar refractivity (Wildman–Crippen MR) is 109 cm³/mol. The Kier molecular flexibility index (Phi) is 3.63. The van der Waals surface area contributed by atoms with E-state index in [2.05, 4.69) is 11.1 Å². The minimum Gasteiger partial charge on any atom is -0.454 e. The van der Waals surface area contributed by atoms with Gasteiger partial charge < -0.3 is 24.3 Å². The maximum Gasteiger partial charge on any atom is 0.246 e. The largest absolute Gasteiger partial charge is 0.454 e. The Bertz CT molecular complexity index is 1200. The summed E-state index contributed by atoms with van der Waals surface area (Å²) >= 11 is 0. The van der Waals surface area contributed by atoms with Crippen LogP contribution in [-0.4, -0.2) is 46.0 Å². The first kappa shape index (κ1) is 17.4. The lowest BCUT2D eigenvalue weighted by Gasteiger charge is -2.46. The summed E-state index contributed by atoms with van der Waals surface area (Å²) in [6.07, 6.45) is 0.534. The summed E-state index contributed by atoms with van der Waals surface area (Å²) in [5, 5.41) is 1.13. The molecule has 30 heavy (non-hydrogen) atoms. The van der Waals surface area contributed by atoms with Gasteiger partial charge in [-0.15, -0.1) is 0 Å². The van der Waals surface area contributed by atoms with Gasteiger partial charge >= 0.3 is 0 Å². The van der Waals surface area contributed by atoms with Gasteiger partial charge in [-0.3, -0.25) is 9.59 Å². The number of carbonyl (C=O) groups excluding carboxylic acids is 2. The van der Waals surface area contributed by atoms with Gasteiger partial charge in [0.2, 0.25) is 18.6 Å². The van der Waals surface area contributed by atoms with Crippen molar-refractivity contribution in [2.75, 3.05) is 13.3 Å². The quantitative estimate of drug-likeness (QED) is 0.714. The second-order valence-corrected chi connectivity index (χ2v) is 8.14. The van der Waals surface area contributed by atoms with E-state index in [0.717, 1.165) is 27.7 Å². The number of piperazine rings is 1. The summed E-state index contributed by atoms with van der Waals surface area (Å²) in [5.41, 5.74) is 4.15. The molecule has 0 saturated carbocycles. The number of H-pyrrole nitrogens is 1. The average Bonchev–Trinajstić information content (AvgIpc) is 3.36. The first-order valence-electron chi connectivity index (χ1n) is 10.2. The highest BCUT2D eigenvalue weighted by Gasteiger charge is 2.46. The number of para-hydroxylation sites is 1. The monoisotopic (exact) mass is 403 g/mol. The number of carbonyl (C=O) groups is 2. The molecule has 4 heterocycles. The van der Waals surface area contributed by atoms with Crippen molar-refractivity contribution in [1.82, 2.24) is 14.8 Å². The van der Waals surface area contributed by atoms with Crippen molar-refractivity contribution in [2.24, 2.45) is 0 Å². The number of amides is 2. The molecule has 6 rings (SSSR count). The van der Waals surface area contributed by atoms with Crippen LogP contribution in [0.2, 0.25) is 0 Å². The van der Waals surface area contributed by atoms with Crippen molar-refractivity contribution >= 4 is 22.7 Å². The van der Waals surface area contributed by atoms with Crippen LogP contribution in [0, 0.1) is 0 Å². The number of aromatic amines is 1. The predicted octanol–water partition coefficient (Wildman–Crippen LogP) is 2.75. The number of fused-ring (bicyclic) bond motifs is 5. The molecular weight excluding hydrogens is 382 g/mol. The number of ether oxygens (including phenoxy) is 2. The molecule has 1 unspecified atom stereocenters. The van der Waals surface area contributed by atoms with Crippen LogP contribution in [0.3, 0.4) is 0 Å². The SMILES string of the molecule is CC1c2[nH]c3ccccc3c2C[C@H]2C(=O)N(Cc3ccc4c(c3)OCO4)CC(=O)N12. The van der Waals surface area contributed by atoms with E-state index in [9.17, 15) is 9.59 Å². The Morgan fingerprint density at radius 3 is 2.83 bits per heavy atom.